The number of hydrogen-bond donors (Lipinski definition) is 2. The molecule has 0 aliphatic heterocycles. The molecule has 2 rings (SSSR count). The van der Waals surface area contributed by atoms with Gasteiger partial charge in [-0.2, -0.15) is 0 Å². The van der Waals surface area contributed by atoms with Crippen LogP contribution in [-0.4, -0.2) is 102 Å². The van der Waals surface area contributed by atoms with Gasteiger partial charge in [-0.3, -0.25) is 29.0 Å². The van der Waals surface area contributed by atoms with Gasteiger partial charge in [-0.25, -0.2) is 0 Å². The first kappa shape index (κ1) is 36.4. The molecule has 2 N–H and O–H groups in total. The molecule has 0 bridgehead atoms. The smallest absolute Gasteiger partial charge is 0.325 e. The van der Waals surface area contributed by atoms with E-state index in [-0.39, 0.29) is 61.0 Å². The number of esters is 4. The third-order valence-corrected chi connectivity index (χ3v) is 6.53. The van der Waals surface area contributed by atoms with Gasteiger partial charge in [0.1, 0.15) is 0 Å². The SMILES string of the molecule is CNCC(=O)Oc1ccc(C[C@H](C)[C@H](C)Cc2ccc(OC(=O)CN(C)C)c(OC(=O)CN(C)C)c2)cc1OC(=O)CNC. The van der Waals surface area contributed by atoms with Crippen LogP contribution < -0.4 is 29.6 Å². The fourth-order valence-corrected chi connectivity index (χ4v) is 4.27. The highest BCUT2D eigenvalue weighted by Gasteiger charge is 2.20. The quantitative estimate of drug-likeness (QED) is 0.199. The number of carbonyl (C=O) groups excluding carboxylic acids is 4. The molecule has 0 saturated heterocycles. The lowest BCUT2D eigenvalue weighted by Gasteiger charge is -2.21. The molecule has 242 valence electrons. The molecule has 12 heteroatoms. The fraction of sp³-hybridized carbons (Fsp3) is 0.500. The van der Waals surface area contributed by atoms with E-state index in [0.29, 0.717) is 12.8 Å². The van der Waals surface area contributed by atoms with Crippen molar-refractivity contribution in [3.8, 4) is 23.0 Å². The second kappa shape index (κ2) is 18.1. The second-order valence-electron chi connectivity index (χ2n) is 11.4. The van der Waals surface area contributed by atoms with Crippen molar-refractivity contribution in [1.82, 2.24) is 20.4 Å². The van der Waals surface area contributed by atoms with E-state index < -0.39 is 23.9 Å². The van der Waals surface area contributed by atoms with Crippen molar-refractivity contribution in [2.45, 2.75) is 26.7 Å². The first-order valence-electron chi connectivity index (χ1n) is 14.5. The molecule has 44 heavy (non-hydrogen) atoms. The zero-order valence-electron chi connectivity index (χ0n) is 27.0. The van der Waals surface area contributed by atoms with Crippen LogP contribution in [-0.2, 0) is 32.0 Å². The Morgan fingerprint density at radius 3 is 1.30 bits per heavy atom. The van der Waals surface area contributed by atoms with Crippen molar-refractivity contribution in [3.05, 3.63) is 47.5 Å². The first-order valence-corrected chi connectivity index (χ1v) is 14.5. The number of nitrogens with one attached hydrogen (secondary N) is 2. The van der Waals surface area contributed by atoms with Gasteiger partial charge in [-0.1, -0.05) is 26.0 Å². The van der Waals surface area contributed by atoms with Crippen molar-refractivity contribution < 1.29 is 38.1 Å². The number of carbonyl (C=O) groups is 4. The molecule has 2 aromatic rings. The summed E-state index contributed by atoms with van der Waals surface area (Å²) in [6.45, 7) is 4.40. The van der Waals surface area contributed by atoms with Gasteiger partial charge in [0, 0.05) is 0 Å². The van der Waals surface area contributed by atoms with Crippen molar-refractivity contribution in [2.24, 2.45) is 11.8 Å². The highest BCUT2D eigenvalue weighted by atomic mass is 16.6. The molecule has 12 nitrogen and oxygen atoms in total. The Bertz CT molecular complexity index is 1280. The van der Waals surface area contributed by atoms with Crippen molar-refractivity contribution in [3.63, 3.8) is 0 Å². The van der Waals surface area contributed by atoms with E-state index in [1.165, 1.54) is 0 Å². The zero-order valence-corrected chi connectivity index (χ0v) is 27.0. The van der Waals surface area contributed by atoms with Crippen LogP contribution in [0.1, 0.15) is 25.0 Å². The van der Waals surface area contributed by atoms with Crippen LogP contribution in [0.3, 0.4) is 0 Å². The summed E-state index contributed by atoms with van der Waals surface area (Å²) >= 11 is 0. The predicted octanol–water partition coefficient (Wildman–Crippen LogP) is 1.93. The first-order chi connectivity index (χ1) is 20.8. The molecule has 0 saturated carbocycles. The van der Waals surface area contributed by atoms with Gasteiger partial charge in [0.2, 0.25) is 0 Å². The third kappa shape index (κ3) is 12.8. The number of likely N-dealkylation sites (N-methyl/N-ethyl adjacent to an activating group) is 4. The van der Waals surface area contributed by atoms with Gasteiger partial charge in [0.15, 0.2) is 23.0 Å². The molecule has 0 aliphatic rings. The summed E-state index contributed by atoms with van der Waals surface area (Å²) in [6.07, 6.45) is 1.32. The monoisotopic (exact) mass is 614 g/mol. The lowest BCUT2D eigenvalue weighted by molar-refractivity contribution is -0.137. The van der Waals surface area contributed by atoms with Crippen LogP contribution in [0, 0.1) is 11.8 Å². The molecule has 0 aromatic heterocycles. The molecule has 0 amide bonds. The number of nitrogens with zero attached hydrogens (tertiary/aromatic N) is 2. The number of rotatable bonds is 17. The number of benzene rings is 2. The minimum Gasteiger partial charge on any atom is -0.422 e. The summed E-state index contributed by atoms with van der Waals surface area (Å²) < 4.78 is 22.0. The summed E-state index contributed by atoms with van der Waals surface area (Å²) in [4.78, 5) is 52.4. The number of ether oxygens (including phenoxy) is 4. The van der Waals surface area contributed by atoms with E-state index in [1.807, 2.05) is 12.1 Å². The van der Waals surface area contributed by atoms with E-state index in [4.69, 9.17) is 18.9 Å². The van der Waals surface area contributed by atoms with Crippen molar-refractivity contribution >= 4 is 23.9 Å². The zero-order chi connectivity index (χ0) is 32.8. The molecule has 2 aromatic carbocycles. The maximum Gasteiger partial charge on any atom is 0.325 e. The summed E-state index contributed by atoms with van der Waals surface area (Å²) in [5.41, 5.74) is 1.82. The standard InChI is InChI=1S/C32H46N4O8/c1-21(13-23-9-11-25(41-29(37)17-33-3)27(15-23)43-30(38)18-34-4)22(2)14-24-10-12-26(42-31(39)19-35(5)6)28(16-24)44-32(40)20-36(7)8/h9-12,15-16,21-22,33-34H,13-14,17-20H2,1-8H3/t21-,22+/m0/s1. The summed E-state index contributed by atoms with van der Waals surface area (Å²) in [7, 11) is 10.3. The molecule has 0 heterocycles. The lowest BCUT2D eigenvalue weighted by atomic mass is 9.85. The van der Waals surface area contributed by atoms with Gasteiger partial charge >= 0.3 is 23.9 Å². The normalized spacial score (nSPS) is 12.5. The molecule has 0 radical (unpaired) electrons. The van der Waals surface area contributed by atoms with Gasteiger partial charge < -0.3 is 29.6 Å². The Morgan fingerprint density at radius 2 is 0.932 bits per heavy atom. The minimum absolute atomic E-state index is 0.00164. The highest BCUT2D eigenvalue weighted by molar-refractivity contribution is 5.79. The van der Waals surface area contributed by atoms with Crippen molar-refractivity contribution in [2.75, 3.05) is 68.5 Å². The lowest BCUT2D eigenvalue weighted by Crippen LogP contribution is -2.27. The Morgan fingerprint density at radius 1 is 0.591 bits per heavy atom. The van der Waals surface area contributed by atoms with Gasteiger partial charge in [0.25, 0.3) is 0 Å². The molecule has 0 unspecified atom stereocenters. The average molecular weight is 615 g/mol. The van der Waals surface area contributed by atoms with Crippen LogP contribution in [0.15, 0.2) is 36.4 Å². The van der Waals surface area contributed by atoms with Gasteiger partial charge in [0.05, 0.1) is 26.2 Å². The second-order valence-corrected chi connectivity index (χ2v) is 11.4. The van der Waals surface area contributed by atoms with E-state index in [2.05, 4.69) is 24.5 Å². The van der Waals surface area contributed by atoms with Crippen LogP contribution in [0.25, 0.3) is 0 Å². The van der Waals surface area contributed by atoms with E-state index in [1.54, 1.807) is 76.4 Å². The Hall–Kier alpha value is -3.84. The van der Waals surface area contributed by atoms with Gasteiger partial charge in [-0.15, -0.1) is 0 Å². The maximum absolute atomic E-state index is 12.5. The topological polar surface area (TPSA) is 136 Å². The molecular weight excluding hydrogens is 568 g/mol. The maximum atomic E-state index is 12.5. The minimum atomic E-state index is -0.505. The van der Waals surface area contributed by atoms with Crippen molar-refractivity contribution in [1.29, 1.82) is 0 Å². The third-order valence-electron chi connectivity index (χ3n) is 6.53. The van der Waals surface area contributed by atoms with Gasteiger partial charge in [-0.05, 0) is 102 Å². The van der Waals surface area contributed by atoms with E-state index >= 15 is 0 Å². The molecule has 0 fully saturated rings. The Kier molecular flexibility index (Phi) is 14.9. The van der Waals surface area contributed by atoms with Crippen LogP contribution in [0.2, 0.25) is 0 Å². The summed E-state index contributed by atoms with van der Waals surface area (Å²) in [6, 6.07) is 10.4. The predicted molar refractivity (Wildman–Crippen MR) is 166 cm³/mol. The summed E-state index contributed by atoms with van der Waals surface area (Å²) in [5, 5.41) is 5.48. The molecule has 2 atom stereocenters. The molecular formula is C32H46N4O8. The van der Waals surface area contributed by atoms with E-state index in [0.717, 1.165) is 11.1 Å². The largest absolute Gasteiger partial charge is 0.422 e. The number of hydrogen-bond acceptors (Lipinski definition) is 12. The Balaban J connectivity index is 2.22. The summed E-state index contributed by atoms with van der Waals surface area (Å²) in [5.74, 6) is -0.845. The molecule has 0 spiro atoms. The highest BCUT2D eigenvalue weighted by Crippen LogP contribution is 2.33. The van der Waals surface area contributed by atoms with E-state index in [9.17, 15) is 19.2 Å². The van der Waals surface area contributed by atoms with Crippen LogP contribution in [0.5, 0.6) is 23.0 Å². The fourth-order valence-electron chi connectivity index (χ4n) is 4.27. The van der Waals surface area contributed by atoms with Crippen LogP contribution in [0.4, 0.5) is 0 Å². The van der Waals surface area contributed by atoms with Crippen LogP contribution >= 0.6 is 0 Å². The molecule has 0 aliphatic carbocycles. The Labute approximate surface area is 260 Å². The average Bonchev–Trinajstić information content (AvgIpc) is 2.91.